The van der Waals surface area contributed by atoms with Crippen LogP contribution < -0.4 is 16.1 Å². The van der Waals surface area contributed by atoms with Crippen molar-refractivity contribution in [2.45, 2.75) is 58.9 Å². The van der Waals surface area contributed by atoms with Crippen molar-refractivity contribution in [3.05, 3.63) is 26.6 Å². The summed E-state index contributed by atoms with van der Waals surface area (Å²) in [6, 6.07) is 0. The molecule has 0 saturated heterocycles. The van der Waals surface area contributed by atoms with E-state index in [0.29, 0.717) is 35.7 Å². The van der Waals surface area contributed by atoms with Gasteiger partial charge in [-0.2, -0.15) is 5.10 Å². The molecule has 3 rings (SSSR count). The number of carbonyl (C=O) groups is 1. The molecule has 0 aromatic carbocycles. The summed E-state index contributed by atoms with van der Waals surface area (Å²) in [5, 5.41) is 14.8. The van der Waals surface area contributed by atoms with Crippen molar-refractivity contribution in [1.29, 1.82) is 0 Å². The van der Waals surface area contributed by atoms with Crippen LogP contribution in [0.2, 0.25) is 0 Å². The molecule has 0 atom stereocenters. The number of hydrogen-bond acceptors (Lipinski definition) is 4. The molecule has 0 spiro atoms. The lowest BCUT2D eigenvalue weighted by Crippen LogP contribution is -2.52. The van der Waals surface area contributed by atoms with Crippen molar-refractivity contribution in [1.82, 2.24) is 9.78 Å². The molecule has 0 bridgehead atoms. The number of hydrogen-bond donors (Lipinski definition) is 1. The Morgan fingerprint density at radius 2 is 1.83 bits per heavy atom. The van der Waals surface area contributed by atoms with Gasteiger partial charge in [-0.05, 0) is 30.8 Å². The first kappa shape index (κ1) is 17.4. The van der Waals surface area contributed by atoms with Crippen LogP contribution in [0.5, 0.6) is 0 Å². The molecule has 6 heteroatoms. The minimum atomic E-state index is -1.13. The Labute approximate surface area is 135 Å². The SMILES string of the molecule is CC(C)C.CC(C)c1nn(C2(C(=O)O)CC2)c(=O)c2c1=NCC=2. The normalized spacial score (nSPS) is 17.0. The van der Waals surface area contributed by atoms with E-state index >= 15 is 0 Å². The van der Waals surface area contributed by atoms with Gasteiger partial charge in [0, 0.05) is 0 Å². The minimum Gasteiger partial charge on any atom is -0.479 e. The van der Waals surface area contributed by atoms with Crippen LogP contribution in [-0.4, -0.2) is 27.4 Å². The Bertz CT molecular complexity index is 784. The second-order valence-corrected chi connectivity index (χ2v) is 7.13. The van der Waals surface area contributed by atoms with Gasteiger partial charge in [0.15, 0.2) is 5.54 Å². The van der Waals surface area contributed by atoms with Crippen LogP contribution in [0.15, 0.2) is 9.79 Å². The van der Waals surface area contributed by atoms with E-state index in [-0.39, 0.29) is 11.5 Å². The zero-order valence-corrected chi connectivity index (χ0v) is 14.5. The first-order valence-corrected chi connectivity index (χ1v) is 8.12. The Hall–Kier alpha value is -1.98. The lowest BCUT2D eigenvalue weighted by atomic mass is 10.1. The van der Waals surface area contributed by atoms with Gasteiger partial charge in [-0.3, -0.25) is 9.79 Å². The fourth-order valence-corrected chi connectivity index (χ4v) is 2.45. The van der Waals surface area contributed by atoms with Crippen LogP contribution in [0.4, 0.5) is 0 Å². The highest BCUT2D eigenvalue weighted by atomic mass is 16.4. The predicted molar refractivity (Wildman–Crippen MR) is 88.1 cm³/mol. The molecular weight excluding hydrogens is 294 g/mol. The number of fused-ring (bicyclic) bond motifs is 1. The van der Waals surface area contributed by atoms with Gasteiger partial charge in [0.2, 0.25) is 0 Å². The van der Waals surface area contributed by atoms with Crippen LogP contribution in [0.25, 0.3) is 6.08 Å². The molecular formula is C17H25N3O3. The second-order valence-electron chi connectivity index (χ2n) is 7.13. The molecule has 0 amide bonds. The molecule has 1 aromatic rings. The fraction of sp³-hybridized carbons (Fsp3) is 0.647. The molecule has 23 heavy (non-hydrogen) atoms. The number of aromatic nitrogens is 2. The molecule has 6 nitrogen and oxygen atoms in total. The van der Waals surface area contributed by atoms with Gasteiger partial charge < -0.3 is 5.11 Å². The molecule has 126 valence electrons. The van der Waals surface area contributed by atoms with E-state index in [1.807, 2.05) is 13.8 Å². The second kappa shape index (κ2) is 6.26. The lowest BCUT2D eigenvalue weighted by Gasteiger charge is -2.15. The third-order valence-corrected chi connectivity index (χ3v) is 3.75. The van der Waals surface area contributed by atoms with Crippen molar-refractivity contribution in [3.8, 4) is 0 Å². The summed E-state index contributed by atoms with van der Waals surface area (Å²) < 4.78 is 1.17. The maximum atomic E-state index is 12.4. The van der Waals surface area contributed by atoms with Crippen LogP contribution in [0, 0.1) is 5.92 Å². The summed E-state index contributed by atoms with van der Waals surface area (Å²) in [6.07, 6.45) is 2.67. The molecule has 1 fully saturated rings. The molecule has 0 unspecified atom stereocenters. The van der Waals surface area contributed by atoms with Gasteiger partial charge in [-0.1, -0.05) is 34.6 Å². The minimum absolute atomic E-state index is 0.0976. The van der Waals surface area contributed by atoms with Crippen molar-refractivity contribution >= 4 is 12.0 Å². The maximum Gasteiger partial charge on any atom is 0.331 e. The standard InChI is InChI=1S/C13H15N3O3.C4H10/c1-7(2)9-10-8(3-6-14-10)11(17)16(15-9)13(4-5-13)12(18)19;1-4(2)3/h3,7H,4-6H2,1-2H3,(H,18,19);4H,1-3H3. The fourth-order valence-electron chi connectivity index (χ4n) is 2.45. The summed E-state index contributed by atoms with van der Waals surface area (Å²) in [7, 11) is 0. The van der Waals surface area contributed by atoms with Crippen LogP contribution in [-0.2, 0) is 10.3 Å². The number of carboxylic acids is 1. The quantitative estimate of drug-likeness (QED) is 0.901. The summed E-state index contributed by atoms with van der Waals surface area (Å²) in [4.78, 5) is 28.0. The van der Waals surface area contributed by atoms with Gasteiger partial charge >= 0.3 is 5.97 Å². The topological polar surface area (TPSA) is 84.5 Å². The van der Waals surface area contributed by atoms with Gasteiger partial charge in [-0.25, -0.2) is 9.48 Å². The molecule has 1 aliphatic carbocycles. The number of carboxylic acid groups (broad SMARTS) is 1. The lowest BCUT2D eigenvalue weighted by molar-refractivity contribution is -0.143. The highest BCUT2D eigenvalue weighted by molar-refractivity contribution is 5.79. The number of aliphatic carboxylic acids is 1. The Kier molecular flexibility index (Phi) is 4.73. The van der Waals surface area contributed by atoms with Crippen LogP contribution >= 0.6 is 0 Å². The Morgan fingerprint density at radius 3 is 2.26 bits per heavy atom. The maximum absolute atomic E-state index is 12.4. The third kappa shape index (κ3) is 3.21. The highest BCUT2D eigenvalue weighted by Gasteiger charge is 2.54. The zero-order valence-electron chi connectivity index (χ0n) is 14.5. The third-order valence-electron chi connectivity index (χ3n) is 3.75. The van der Waals surface area contributed by atoms with Crippen molar-refractivity contribution in [2.75, 3.05) is 6.54 Å². The number of nitrogens with zero attached hydrogens (tertiary/aromatic N) is 3. The van der Waals surface area contributed by atoms with Crippen LogP contribution in [0.3, 0.4) is 0 Å². The molecule has 1 aromatic heterocycles. The molecule has 1 aliphatic heterocycles. The van der Waals surface area contributed by atoms with E-state index in [4.69, 9.17) is 0 Å². The van der Waals surface area contributed by atoms with Gasteiger partial charge in [0.1, 0.15) is 0 Å². The van der Waals surface area contributed by atoms with Gasteiger partial charge in [0.05, 0.1) is 22.8 Å². The van der Waals surface area contributed by atoms with E-state index < -0.39 is 11.5 Å². The summed E-state index contributed by atoms with van der Waals surface area (Å²) in [5.41, 5.74) is -0.761. The smallest absolute Gasteiger partial charge is 0.331 e. The average molecular weight is 319 g/mol. The summed E-state index contributed by atoms with van der Waals surface area (Å²) in [5.74, 6) is -0.0489. The van der Waals surface area contributed by atoms with Gasteiger partial charge in [-0.15, -0.1) is 0 Å². The van der Waals surface area contributed by atoms with Crippen LogP contribution in [0.1, 0.15) is 59.1 Å². The van der Waals surface area contributed by atoms with Gasteiger partial charge in [0.25, 0.3) is 5.56 Å². The average Bonchev–Trinajstić information content (AvgIpc) is 3.09. The molecule has 1 N–H and O–H groups in total. The molecule has 1 saturated carbocycles. The molecule has 2 aliphatic rings. The first-order valence-electron chi connectivity index (χ1n) is 8.12. The first-order chi connectivity index (χ1) is 10.7. The highest BCUT2D eigenvalue weighted by Crippen LogP contribution is 2.42. The largest absolute Gasteiger partial charge is 0.479 e. The zero-order chi connectivity index (χ0) is 17.4. The number of rotatable bonds is 3. The molecule has 2 heterocycles. The van der Waals surface area contributed by atoms with Crippen molar-refractivity contribution < 1.29 is 9.90 Å². The Balaban J connectivity index is 0.000000433. The predicted octanol–water partition coefficient (Wildman–Crippen LogP) is 1.02. The van der Waals surface area contributed by atoms with E-state index in [1.165, 1.54) is 4.68 Å². The Morgan fingerprint density at radius 1 is 1.26 bits per heavy atom. The van der Waals surface area contributed by atoms with Crippen molar-refractivity contribution in [3.63, 3.8) is 0 Å². The monoisotopic (exact) mass is 319 g/mol. The van der Waals surface area contributed by atoms with Crippen molar-refractivity contribution in [2.24, 2.45) is 10.9 Å². The van der Waals surface area contributed by atoms with E-state index in [2.05, 4.69) is 30.9 Å². The summed E-state index contributed by atoms with van der Waals surface area (Å²) in [6.45, 7) is 10.9. The van der Waals surface area contributed by atoms with E-state index in [9.17, 15) is 14.7 Å². The summed E-state index contributed by atoms with van der Waals surface area (Å²) >= 11 is 0. The van der Waals surface area contributed by atoms with E-state index in [0.717, 1.165) is 5.92 Å². The molecule has 0 radical (unpaired) electrons. The van der Waals surface area contributed by atoms with E-state index in [1.54, 1.807) is 6.08 Å².